The molecule has 1 atom stereocenters. The molecular weight excluding hydrogens is 246 g/mol. The SMILES string of the molecule is CC(C)C(=O)N1CCC[C@H](NC(=O)c2cn[nH]n2)C1. The number of likely N-dealkylation sites (tertiary alicyclic amines) is 1. The first-order chi connectivity index (χ1) is 9.08. The highest BCUT2D eigenvalue weighted by atomic mass is 16.2. The summed E-state index contributed by atoms with van der Waals surface area (Å²) in [6, 6.07) is -0.0133. The normalized spacial score (nSPS) is 19.5. The van der Waals surface area contributed by atoms with Gasteiger partial charge in [0.15, 0.2) is 5.69 Å². The van der Waals surface area contributed by atoms with Gasteiger partial charge in [-0.2, -0.15) is 15.4 Å². The first-order valence-electron chi connectivity index (χ1n) is 6.53. The number of aromatic nitrogens is 3. The van der Waals surface area contributed by atoms with Crippen LogP contribution in [-0.2, 0) is 4.79 Å². The van der Waals surface area contributed by atoms with Gasteiger partial charge in [0.1, 0.15) is 0 Å². The van der Waals surface area contributed by atoms with Crippen molar-refractivity contribution in [3.63, 3.8) is 0 Å². The monoisotopic (exact) mass is 265 g/mol. The molecule has 7 nitrogen and oxygen atoms in total. The molecule has 1 fully saturated rings. The van der Waals surface area contributed by atoms with Crippen molar-refractivity contribution >= 4 is 11.8 Å². The van der Waals surface area contributed by atoms with Crippen LogP contribution < -0.4 is 5.32 Å². The molecule has 0 radical (unpaired) electrons. The van der Waals surface area contributed by atoms with E-state index in [-0.39, 0.29) is 29.5 Å². The Morgan fingerprint density at radius 3 is 2.95 bits per heavy atom. The first-order valence-corrected chi connectivity index (χ1v) is 6.53. The summed E-state index contributed by atoms with van der Waals surface area (Å²) in [7, 11) is 0. The fourth-order valence-corrected chi connectivity index (χ4v) is 2.23. The van der Waals surface area contributed by atoms with Gasteiger partial charge in [-0.3, -0.25) is 9.59 Å². The minimum atomic E-state index is -0.252. The van der Waals surface area contributed by atoms with E-state index in [1.807, 2.05) is 18.7 Å². The Morgan fingerprint density at radius 2 is 2.32 bits per heavy atom. The Bertz CT molecular complexity index is 443. The number of H-pyrrole nitrogens is 1. The van der Waals surface area contributed by atoms with Crippen LogP contribution in [0, 0.1) is 5.92 Å². The molecule has 7 heteroatoms. The van der Waals surface area contributed by atoms with E-state index in [4.69, 9.17) is 0 Å². The van der Waals surface area contributed by atoms with E-state index in [0.717, 1.165) is 19.4 Å². The van der Waals surface area contributed by atoms with Gasteiger partial charge < -0.3 is 10.2 Å². The summed E-state index contributed by atoms with van der Waals surface area (Å²) in [5, 5.41) is 12.6. The first kappa shape index (κ1) is 13.5. The zero-order chi connectivity index (χ0) is 13.8. The highest BCUT2D eigenvalue weighted by molar-refractivity contribution is 5.92. The maximum absolute atomic E-state index is 11.9. The lowest BCUT2D eigenvalue weighted by Gasteiger charge is -2.34. The molecule has 104 valence electrons. The standard InChI is InChI=1S/C12H19N5O2/c1-8(2)12(19)17-5-3-4-9(7-17)14-11(18)10-6-13-16-15-10/h6,8-9H,3-5,7H2,1-2H3,(H,14,18)(H,13,15,16)/t9-/m0/s1. The third kappa shape index (κ3) is 3.30. The Hall–Kier alpha value is -1.92. The predicted octanol–water partition coefficient (Wildman–Crippen LogP) is 0.182. The molecule has 1 aromatic rings. The zero-order valence-corrected chi connectivity index (χ0v) is 11.2. The maximum atomic E-state index is 11.9. The van der Waals surface area contributed by atoms with Crippen LogP contribution in [0.5, 0.6) is 0 Å². The van der Waals surface area contributed by atoms with Gasteiger partial charge in [0.25, 0.3) is 5.91 Å². The molecular formula is C12H19N5O2. The molecule has 0 unspecified atom stereocenters. The second kappa shape index (κ2) is 5.81. The topological polar surface area (TPSA) is 91.0 Å². The van der Waals surface area contributed by atoms with Gasteiger partial charge in [-0.1, -0.05) is 13.8 Å². The molecule has 2 amide bonds. The van der Waals surface area contributed by atoms with E-state index in [1.54, 1.807) is 0 Å². The number of hydrogen-bond acceptors (Lipinski definition) is 4. The van der Waals surface area contributed by atoms with Crippen molar-refractivity contribution in [2.45, 2.75) is 32.7 Å². The quantitative estimate of drug-likeness (QED) is 0.815. The van der Waals surface area contributed by atoms with Crippen molar-refractivity contribution < 1.29 is 9.59 Å². The fourth-order valence-electron chi connectivity index (χ4n) is 2.23. The summed E-state index contributed by atoms with van der Waals surface area (Å²) in [4.78, 5) is 25.6. The van der Waals surface area contributed by atoms with E-state index >= 15 is 0 Å². The Balaban J connectivity index is 1.91. The van der Waals surface area contributed by atoms with Gasteiger partial charge in [-0.25, -0.2) is 0 Å². The summed E-state index contributed by atoms with van der Waals surface area (Å²) in [5.74, 6) is -0.122. The third-order valence-corrected chi connectivity index (χ3v) is 3.21. The molecule has 0 bridgehead atoms. The van der Waals surface area contributed by atoms with Crippen molar-refractivity contribution in [3.05, 3.63) is 11.9 Å². The summed E-state index contributed by atoms with van der Waals surface area (Å²) < 4.78 is 0. The maximum Gasteiger partial charge on any atom is 0.273 e. The molecule has 2 N–H and O–H groups in total. The number of rotatable bonds is 3. The number of carbonyl (C=O) groups excluding carboxylic acids is 2. The summed E-state index contributed by atoms with van der Waals surface area (Å²) in [6.07, 6.45) is 3.17. The number of nitrogens with one attached hydrogen (secondary N) is 2. The highest BCUT2D eigenvalue weighted by Gasteiger charge is 2.26. The number of amides is 2. The van der Waals surface area contributed by atoms with Crippen LogP contribution in [0.2, 0.25) is 0 Å². The van der Waals surface area contributed by atoms with Crippen LogP contribution in [0.1, 0.15) is 37.2 Å². The van der Waals surface area contributed by atoms with Gasteiger partial charge in [0.2, 0.25) is 5.91 Å². The van der Waals surface area contributed by atoms with Crippen LogP contribution >= 0.6 is 0 Å². The van der Waals surface area contributed by atoms with E-state index in [0.29, 0.717) is 6.54 Å². The van der Waals surface area contributed by atoms with Crippen LogP contribution in [-0.4, -0.2) is 51.3 Å². The zero-order valence-electron chi connectivity index (χ0n) is 11.2. The molecule has 0 spiro atoms. The van der Waals surface area contributed by atoms with Crippen molar-refractivity contribution in [2.24, 2.45) is 5.92 Å². The molecule has 19 heavy (non-hydrogen) atoms. The van der Waals surface area contributed by atoms with Crippen molar-refractivity contribution in [3.8, 4) is 0 Å². The molecule has 1 aliphatic heterocycles. The molecule has 1 aromatic heterocycles. The average Bonchev–Trinajstić information content (AvgIpc) is 2.92. The van der Waals surface area contributed by atoms with Crippen molar-refractivity contribution in [2.75, 3.05) is 13.1 Å². The molecule has 0 aliphatic carbocycles. The largest absolute Gasteiger partial charge is 0.346 e. The average molecular weight is 265 g/mol. The molecule has 1 saturated heterocycles. The van der Waals surface area contributed by atoms with Crippen LogP contribution in [0.15, 0.2) is 6.20 Å². The minimum Gasteiger partial charge on any atom is -0.346 e. The number of aromatic amines is 1. The van der Waals surface area contributed by atoms with Crippen LogP contribution in [0.25, 0.3) is 0 Å². The summed E-state index contributed by atoms with van der Waals surface area (Å²) in [6.45, 7) is 5.12. The van der Waals surface area contributed by atoms with Crippen molar-refractivity contribution in [1.29, 1.82) is 0 Å². The van der Waals surface area contributed by atoms with Crippen molar-refractivity contribution in [1.82, 2.24) is 25.6 Å². The van der Waals surface area contributed by atoms with Gasteiger partial charge in [0, 0.05) is 25.0 Å². The highest BCUT2D eigenvalue weighted by Crippen LogP contribution is 2.13. The predicted molar refractivity (Wildman–Crippen MR) is 68.3 cm³/mol. The Kier molecular flexibility index (Phi) is 4.13. The number of piperidine rings is 1. The molecule has 2 heterocycles. The lowest BCUT2D eigenvalue weighted by molar-refractivity contribution is -0.135. The molecule has 1 aliphatic rings. The Morgan fingerprint density at radius 1 is 1.53 bits per heavy atom. The third-order valence-electron chi connectivity index (χ3n) is 3.21. The van der Waals surface area contributed by atoms with E-state index in [9.17, 15) is 9.59 Å². The van der Waals surface area contributed by atoms with Gasteiger partial charge in [0.05, 0.1) is 6.20 Å². The van der Waals surface area contributed by atoms with Gasteiger partial charge >= 0.3 is 0 Å². The van der Waals surface area contributed by atoms with E-state index in [1.165, 1.54) is 6.20 Å². The summed E-state index contributed by atoms with van der Waals surface area (Å²) in [5.41, 5.74) is 0.271. The number of hydrogen-bond donors (Lipinski definition) is 2. The number of nitrogens with zero attached hydrogens (tertiary/aromatic N) is 3. The second-order valence-corrected chi connectivity index (χ2v) is 5.11. The lowest BCUT2D eigenvalue weighted by atomic mass is 10.0. The van der Waals surface area contributed by atoms with Gasteiger partial charge in [-0.15, -0.1) is 0 Å². The summed E-state index contributed by atoms with van der Waals surface area (Å²) >= 11 is 0. The molecule has 2 rings (SSSR count). The van der Waals surface area contributed by atoms with Crippen LogP contribution in [0.3, 0.4) is 0 Å². The fraction of sp³-hybridized carbons (Fsp3) is 0.667. The van der Waals surface area contributed by atoms with E-state index in [2.05, 4.69) is 20.7 Å². The van der Waals surface area contributed by atoms with Gasteiger partial charge in [-0.05, 0) is 12.8 Å². The molecule has 0 aromatic carbocycles. The molecule has 0 saturated carbocycles. The minimum absolute atomic E-state index is 0.00927. The Labute approximate surface area is 111 Å². The van der Waals surface area contributed by atoms with E-state index < -0.39 is 0 Å². The number of carbonyl (C=O) groups is 2. The second-order valence-electron chi connectivity index (χ2n) is 5.11. The smallest absolute Gasteiger partial charge is 0.273 e. The van der Waals surface area contributed by atoms with Crippen LogP contribution in [0.4, 0.5) is 0 Å². The lowest BCUT2D eigenvalue weighted by Crippen LogP contribution is -2.50.